The van der Waals surface area contributed by atoms with Crippen molar-refractivity contribution in [1.82, 2.24) is 5.32 Å². The van der Waals surface area contributed by atoms with Gasteiger partial charge in [0.25, 0.3) is 5.91 Å². The highest BCUT2D eigenvalue weighted by atomic mass is 16.5. The number of nitrogens with one attached hydrogen (secondary N) is 1. The largest absolute Gasteiger partial charge is 0.474 e. The number of aliphatic hydroxyl groups is 1. The highest BCUT2D eigenvalue weighted by molar-refractivity contribution is 5.80. The van der Waals surface area contributed by atoms with Gasteiger partial charge in [-0.05, 0) is 20.3 Å². The Morgan fingerprint density at radius 1 is 1.53 bits per heavy atom. The Kier molecular flexibility index (Phi) is 5.57. The maximum atomic E-state index is 11.7. The topological polar surface area (TPSA) is 88.8 Å². The Balaban J connectivity index is 2.69. The highest BCUT2D eigenvalue weighted by Gasteiger charge is 2.18. The summed E-state index contributed by atoms with van der Waals surface area (Å²) in [6.07, 6.45) is 1.11. The van der Waals surface area contributed by atoms with Crippen LogP contribution in [0.25, 0.3) is 0 Å². The lowest BCUT2D eigenvalue weighted by Gasteiger charge is -2.17. The van der Waals surface area contributed by atoms with Gasteiger partial charge in [-0.2, -0.15) is 0 Å². The molecule has 0 fully saturated rings. The summed E-state index contributed by atoms with van der Waals surface area (Å²) in [5.41, 5.74) is -0.432. The van der Waals surface area contributed by atoms with E-state index < -0.39 is 11.5 Å². The minimum Gasteiger partial charge on any atom is -0.474 e. The number of amides is 1. The van der Waals surface area contributed by atoms with E-state index in [4.69, 9.17) is 14.3 Å². The first kappa shape index (κ1) is 15.2. The molecule has 1 aromatic heterocycles. The summed E-state index contributed by atoms with van der Waals surface area (Å²) >= 11 is 0. The first-order valence-electron chi connectivity index (χ1n) is 6.17. The second-order valence-corrected chi connectivity index (χ2v) is 4.31. The van der Waals surface area contributed by atoms with Gasteiger partial charge in [0.2, 0.25) is 11.2 Å². The lowest BCUT2D eigenvalue weighted by atomic mass is 10.2. The SMILES string of the molecule is CCC(C)NC(=O)C(C)Oc1coc(CO)cc1=O. The van der Waals surface area contributed by atoms with Gasteiger partial charge in [-0.1, -0.05) is 6.92 Å². The molecule has 0 saturated heterocycles. The van der Waals surface area contributed by atoms with Crippen LogP contribution in [0.4, 0.5) is 0 Å². The van der Waals surface area contributed by atoms with Gasteiger partial charge >= 0.3 is 0 Å². The van der Waals surface area contributed by atoms with Crippen molar-refractivity contribution in [2.24, 2.45) is 0 Å². The fourth-order valence-electron chi connectivity index (χ4n) is 1.31. The van der Waals surface area contributed by atoms with Gasteiger partial charge in [0.15, 0.2) is 6.10 Å². The van der Waals surface area contributed by atoms with Crippen molar-refractivity contribution in [3.63, 3.8) is 0 Å². The molecular formula is C13H19NO5. The molecule has 1 aromatic rings. The number of hydrogen-bond acceptors (Lipinski definition) is 5. The van der Waals surface area contributed by atoms with E-state index in [1.807, 2.05) is 13.8 Å². The molecule has 0 saturated carbocycles. The van der Waals surface area contributed by atoms with E-state index in [1.165, 1.54) is 0 Å². The zero-order chi connectivity index (χ0) is 14.4. The number of rotatable bonds is 6. The lowest BCUT2D eigenvalue weighted by molar-refractivity contribution is -0.127. The van der Waals surface area contributed by atoms with E-state index in [-0.39, 0.29) is 30.1 Å². The second-order valence-electron chi connectivity index (χ2n) is 4.31. The van der Waals surface area contributed by atoms with Crippen LogP contribution >= 0.6 is 0 Å². The minimum atomic E-state index is -0.795. The van der Waals surface area contributed by atoms with Crippen LogP contribution in [0.5, 0.6) is 5.75 Å². The standard InChI is InChI=1S/C13H19NO5/c1-4-8(2)14-13(17)9(3)19-12-7-18-10(6-15)5-11(12)16/h5,7-9,15H,4,6H2,1-3H3,(H,14,17). The molecule has 0 aliphatic rings. The van der Waals surface area contributed by atoms with Gasteiger partial charge in [0, 0.05) is 12.1 Å². The molecule has 106 valence electrons. The summed E-state index contributed by atoms with van der Waals surface area (Å²) in [4.78, 5) is 23.3. The first-order chi connectivity index (χ1) is 8.97. The first-order valence-corrected chi connectivity index (χ1v) is 6.17. The maximum Gasteiger partial charge on any atom is 0.260 e. The van der Waals surface area contributed by atoms with E-state index in [0.29, 0.717) is 0 Å². The van der Waals surface area contributed by atoms with Crippen molar-refractivity contribution in [3.05, 3.63) is 28.3 Å². The zero-order valence-corrected chi connectivity index (χ0v) is 11.3. The quantitative estimate of drug-likeness (QED) is 0.798. The summed E-state index contributed by atoms with van der Waals surface area (Å²) in [7, 11) is 0. The van der Waals surface area contributed by atoms with Crippen molar-refractivity contribution in [1.29, 1.82) is 0 Å². The minimum absolute atomic E-state index is 0.0479. The molecule has 0 bridgehead atoms. The average Bonchev–Trinajstić information content (AvgIpc) is 2.40. The molecular weight excluding hydrogens is 250 g/mol. The molecule has 6 heteroatoms. The molecule has 0 aliphatic carbocycles. The molecule has 19 heavy (non-hydrogen) atoms. The summed E-state index contributed by atoms with van der Waals surface area (Å²) in [6.45, 7) is 5.03. The molecule has 0 radical (unpaired) electrons. The van der Waals surface area contributed by atoms with Crippen LogP contribution in [0.2, 0.25) is 0 Å². The van der Waals surface area contributed by atoms with Crippen molar-refractivity contribution in [2.75, 3.05) is 0 Å². The Bertz CT molecular complexity index is 482. The average molecular weight is 269 g/mol. The van der Waals surface area contributed by atoms with E-state index in [1.54, 1.807) is 6.92 Å². The number of ether oxygens (including phenoxy) is 1. The third-order valence-corrected chi connectivity index (χ3v) is 2.68. The van der Waals surface area contributed by atoms with Crippen molar-refractivity contribution in [3.8, 4) is 5.75 Å². The third kappa shape index (κ3) is 4.40. The predicted octanol–water partition coefficient (Wildman–Crippen LogP) is 0.814. The number of carbonyl (C=O) groups is 1. The van der Waals surface area contributed by atoms with Gasteiger partial charge in [-0.25, -0.2) is 0 Å². The van der Waals surface area contributed by atoms with Crippen LogP contribution < -0.4 is 15.5 Å². The molecule has 6 nitrogen and oxygen atoms in total. The molecule has 0 spiro atoms. The molecule has 1 rings (SSSR count). The van der Waals surface area contributed by atoms with Crippen molar-refractivity contribution in [2.45, 2.75) is 45.9 Å². The number of aliphatic hydroxyl groups excluding tert-OH is 1. The second kappa shape index (κ2) is 6.94. The summed E-state index contributed by atoms with van der Waals surface area (Å²) in [5.74, 6) is -0.196. The van der Waals surface area contributed by atoms with E-state index in [0.717, 1.165) is 18.8 Å². The normalized spacial score (nSPS) is 13.7. The molecule has 2 atom stereocenters. The van der Waals surface area contributed by atoms with Crippen molar-refractivity contribution < 1.29 is 19.1 Å². The van der Waals surface area contributed by atoms with E-state index in [9.17, 15) is 9.59 Å². The molecule has 2 N–H and O–H groups in total. The Morgan fingerprint density at radius 2 is 2.21 bits per heavy atom. The smallest absolute Gasteiger partial charge is 0.260 e. The van der Waals surface area contributed by atoms with E-state index in [2.05, 4.69) is 5.32 Å². The molecule has 1 amide bonds. The lowest BCUT2D eigenvalue weighted by Crippen LogP contribution is -2.41. The van der Waals surface area contributed by atoms with E-state index >= 15 is 0 Å². The van der Waals surface area contributed by atoms with Gasteiger partial charge in [0.1, 0.15) is 18.6 Å². The zero-order valence-electron chi connectivity index (χ0n) is 11.3. The van der Waals surface area contributed by atoms with Crippen LogP contribution in [-0.4, -0.2) is 23.2 Å². The number of hydrogen-bond donors (Lipinski definition) is 2. The molecule has 0 aromatic carbocycles. The Morgan fingerprint density at radius 3 is 2.74 bits per heavy atom. The van der Waals surface area contributed by atoms with Gasteiger partial charge in [-0.15, -0.1) is 0 Å². The number of carbonyl (C=O) groups excluding carboxylic acids is 1. The van der Waals surface area contributed by atoms with Crippen molar-refractivity contribution >= 4 is 5.91 Å². The van der Waals surface area contributed by atoms with Gasteiger partial charge in [0.05, 0.1) is 0 Å². The predicted molar refractivity (Wildman–Crippen MR) is 68.9 cm³/mol. The Labute approximate surface area is 111 Å². The highest BCUT2D eigenvalue weighted by Crippen LogP contribution is 2.08. The fraction of sp³-hybridized carbons (Fsp3) is 0.538. The Hall–Kier alpha value is -1.82. The maximum absolute atomic E-state index is 11.7. The third-order valence-electron chi connectivity index (χ3n) is 2.68. The summed E-state index contributed by atoms with van der Waals surface area (Å²) in [6, 6.07) is 1.18. The van der Waals surface area contributed by atoms with Crippen LogP contribution in [0.1, 0.15) is 33.0 Å². The van der Waals surface area contributed by atoms with Gasteiger partial charge in [-0.3, -0.25) is 9.59 Å². The fourth-order valence-corrected chi connectivity index (χ4v) is 1.31. The van der Waals surface area contributed by atoms with Crippen LogP contribution in [0.3, 0.4) is 0 Å². The monoisotopic (exact) mass is 269 g/mol. The van der Waals surface area contributed by atoms with Gasteiger partial charge < -0.3 is 19.6 Å². The molecule has 1 heterocycles. The van der Waals surface area contributed by atoms with Crippen LogP contribution in [-0.2, 0) is 11.4 Å². The van der Waals surface area contributed by atoms with Crippen LogP contribution in [0, 0.1) is 0 Å². The summed E-state index contributed by atoms with van der Waals surface area (Å²) in [5, 5.41) is 11.6. The summed E-state index contributed by atoms with van der Waals surface area (Å²) < 4.78 is 10.2. The van der Waals surface area contributed by atoms with Crippen LogP contribution in [0.15, 0.2) is 21.5 Å². The molecule has 2 unspecified atom stereocenters. The molecule has 0 aliphatic heterocycles.